The normalized spacial score (nSPS) is 19.3. The minimum atomic E-state index is -1.34. The second-order valence-electron chi connectivity index (χ2n) is 5.02. The Bertz CT molecular complexity index is 495. The molecule has 1 fully saturated rings. The molecule has 1 aromatic rings. The number of esters is 1. The van der Waals surface area contributed by atoms with Crippen LogP contribution in [0.15, 0.2) is 18.2 Å². The van der Waals surface area contributed by atoms with Crippen molar-refractivity contribution in [2.45, 2.75) is 32.0 Å². The quantitative estimate of drug-likeness (QED) is 0.808. The molecule has 0 radical (unpaired) electrons. The summed E-state index contributed by atoms with van der Waals surface area (Å²) < 4.78 is 21.4. The Balaban J connectivity index is 2.16. The molecule has 1 aromatic carbocycles. The molecule has 122 valence electrons. The number of hydrogen-bond donors (Lipinski definition) is 1. The molecule has 1 aliphatic rings. The van der Waals surface area contributed by atoms with E-state index in [1.807, 2.05) is 0 Å². The number of hydrogen-bond acceptors (Lipinski definition) is 6. The Labute approximate surface area is 129 Å². The first kappa shape index (κ1) is 16.6. The Morgan fingerprint density at radius 1 is 1.45 bits per heavy atom. The van der Waals surface area contributed by atoms with Gasteiger partial charge in [0.05, 0.1) is 20.3 Å². The van der Waals surface area contributed by atoms with Crippen LogP contribution in [0.4, 0.5) is 0 Å². The van der Waals surface area contributed by atoms with Gasteiger partial charge in [-0.25, -0.2) is 4.79 Å². The second kappa shape index (κ2) is 8.00. The number of carbonyl (C=O) groups excluding carboxylic acids is 1. The predicted molar refractivity (Wildman–Crippen MR) is 79.1 cm³/mol. The average Bonchev–Trinajstić information content (AvgIpc) is 2.55. The van der Waals surface area contributed by atoms with Crippen LogP contribution in [0.1, 0.15) is 31.4 Å². The van der Waals surface area contributed by atoms with Gasteiger partial charge in [0.1, 0.15) is 6.10 Å². The van der Waals surface area contributed by atoms with Crippen molar-refractivity contribution in [3.8, 4) is 11.5 Å². The lowest BCUT2D eigenvalue weighted by Gasteiger charge is -2.24. The first-order valence-electron chi connectivity index (χ1n) is 7.42. The van der Waals surface area contributed by atoms with Gasteiger partial charge in [0.15, 0.2) is 17.6 Å². The van der Waals surface area contributed by atoms with Gasteiger partial charge in [0, 0.05) is 6.61 Å². The van der Waals surface area contributed by atoms with Gasteiger partial charge in [0.25, 0.3) is 0 Å². The third-order valence-electron chi connectivity index (χ3n) is 3.43. The SMILES string of the molecule is CCOC(=O)C(O)c1ccc(OC)c(OC2CCCOC2)c1. The highest BCUT2D eigenvalue weighted by atomic mass is 16.6. The zero-order chi connectivity index (χ0) is 15.9. The van der Waals surface area contributed by atoms with Crippen molar-refractivity contribution in [3.63, 3.8) is 0 Å². The van der Waals surface area contributed by atoms with E-state index in [2.05, 4.69) is 0 Å². The van der Waals surface area contributed by atoms with Gasteiger partial charge < -0.3 is 24.1 Å². The minimum Gasteiger partial charge on any atom is -0.493 e. The summed E-state index contributed by atoms with van der Waals surface area (Å²) in [6, 6.07) is 4.89. The molecule has 1 aliphatic heterocycles. The zero-order valence-electron chi connectivity index (χ0n) is 12.9. The predicted octanol–water partition coefficient (Wildman–Crippen LogP) is 1.85. The van der Waals surface area contributed by atoms with Crippen LogP contribution < -0.4 is 9.47 Å². The van der Waals surface area contributed by atoms with Crippen molar-refractivity contribution in [3.05, 3.63) is 23.8 Å². The molecule has 0 aliphatic carbocycles. The van der Waals surface area contributed by atoms with Crippen molar-refractivity contribution in [1.29, 1.82) is 0 Å². The summed E-state index contributed by atoms with van der Waals surface area (Å²) in [5.41, 5.74) is 0.408. The van der Waals surface area contributed by atoms with E-state index in [1.165, 1.54) is 0 Å². The molecule has 1 saturated heterocycles. The Hall–Kier alpha value is -1.79. The van der Waals surface area contributed by atoms with Gasteiger partial charge in [-0.2, -0.15) is 0 Å². The van der Waals surface area contributed by atoms with Gasteiger partial charge in [-0.1, -0.05) is 6.07 Å². The van der Waals surface area contributed by atoms with Crippen molar-refractivity contribution >= 4 is 5.97 Å². The number of ether oxygens (including phenoxy) is 4. The lowest BCUT2D eigenvalue weighted by Crippen LogP contribution is -2.28. The number of carbonyl (C=O) groups is 1. The topological polar surface area (TPSA) is 74.2 Å². The monoisotopic (exact) mass is 310 g/mol. The summed E-state index contributed by atoms with van der Waals surface area (Å²) in [6.45, 7) is 3.18. The van der Waals surface area contributed by atoms with Gasteiger partial charge in [-0.15, -0.1) is 0 Å². The third kappa shape index (κ3) is 4.11. The summed E-state index contributed by atoms with van der Waals surface area (Å²) in [5, 5.41) is 10.0. The van der Waals surface area contributed by atoms with E-state index in [9.17, 15) is 9.90 Å². The van der Waals surface area contributed by atoms with Crippen LogP contribution >= 0.6 is 0 Å². The minimum absolute atomic E-state index is 0.0577. The van der Waals surface area contributed by atoms with Gasteiger partial charge in [-0.05, 0) is 37.5 Å². The largest absolute Gasteiger partial charge is 0.493 e. The van der Waals surface area contributed by atoms with Crippen LogP contribution in [0, 0.1) is 0 Å². The van der Waals surface area contributed by atoms with E-state index in [4.69, 9.17) is 18.9 Å². The molecule has 0 aromatic heterocycles. The number of rotatable bonds is 6. The van der Waals surface area contributed by atoms with Crippen molar-refractivity contribution in [2.75, 3.05) is 26.9 Å². The summed E-state index contributed by atoms with van der Waals surface area (Å²) in [7, 11) is 1.54. The highest BCUT2D eigenvalue weighted by Gasteiger charge is 2.22. The summed E-state index contributed by atoms with van der Waals surface area (Å²) in [4.78, 5) is 11.6. The number of methoxy groups -OCH3 is 1. The molecule has 1 N–H and O–H groups in total. The maximum Gasteiger partial charge on any atom is 0.339 e. The molecular formula is C16H22O6. The second-order valence-corrected chi connectivity index (χ2v) is 5.02. The molecule has 6 heteroatoms. The lowest BCUT2D eigenvalue weighted by molar-refractivity contribution is -0.153. The molecule has 0 bridgehead atoms. The maximum atomic E-state index is 11.6. The maximum absolute atomic E-state index is 11.6. The molecular weight excluding hydrogens is 288 g/mol. The number of aliphatic hydroxyl groups excluding tert-OH is 1. The van der Waals surface area contributed by atoms with Gasteiger partial charge in [0.2, 0.25) is 0 Å². The molecule has 2 rings (SSSR count). The third-order valence-corrected chi connectivity index (χ3v) is 3.43. The van der Waals surface area contributed by atoms with E-state index >= 15 is 0 Å². The van der Waals surface area contributed by atoms with Crippen LogP contribution in [0.25, 0.3) is 0 Å². The van der Waals surface area contributed by atoms with Gasteiger partial charge >= 0.3 is 5.97 Å². The highest BCUT2D eigenvalue weighted by Crippen LogP contribution is 2.32. The van der Waals surface area contributed by atoms with E-state index in [-0.39, 0.29) is 12.7 Å². The Morgan fingerprint density at radius 3 is 2.91 bits per heavy atom. The Kier molecular flexibility index (Phi) is 6.03. The molecule has 0 spiro atoms. The smallest absolute Gasteiger partial charge is 0.339 e. The Morgan fingerprint density at radius 2 is 2.27 bits per heavy atom. The molecule has 2 atom stereocenters. The standard InChI is InChI=1S/C16H22O6/c1-3-21-16(18)15(17)11-6-7-13(19-2)14(9-11)22-12-5-4-8-20-10-12/h6-7,9,12,15,17H,3-5,8,10H2,1-2H3. The fourth-order valence-corrected chi connectivity index (χ4v) is 2.30. The fraction of sp³-hybridized carbons (Fsp3) is 0.562. The van der Waals surface area contributed by atoms with E-state index in [1.54, 1.807) is 32.2 Å². The zero-order valence-corrected chi connectivity index (χ0v) is 12.9. The average molecular weight is 310 g/mol. The summed E-state index contributed by atoms with van der Waals surface area (Å²) >= 11 is 0. The van der Waals surface area contributed by atoms with Crippen LogP contribution in [0.5, 0.6) is 11.5 Å². The lowest BCUT2D eigenvalue weighted by atomic mass is 10.1. The fourth-order valence-electron chi connectivity index (χ4n) is 2.30. The van der Waals surface area contributed by atoms with Crippen molar-refractivity contribution in [1.82, 2.24) is 0 Å². The molecule has 1 heterocycles. The van der Waals surface area contributed by atoms with E-state index in [0.717, 1.165) is 19.4 Å². The first-order valence-corrected chi connectivity index (χ1v) is 7.42. The number of aliphatic hydroxyl groups is 1. The van der Waals surface area contributed by atoms with E-state index in [0.29, 0.717) is 23.7 Å². The van der Waals surface area contributed by atoms with Crippen LogP contribution in [0.2, 0.25) is 0 Å². The molecule has 22 heavy (non-hydrogen) atoms. The van der Waals surface area contributed by atoms with Crippen molar-refractivity contribution in [2.24, 2.45) is 0 Å². The molecule has 2 unspecified atom stereocenters. The summed E-state index contributed by atoms with van der Waals surface area (Å²) in [5.74, 6) is 0.351. The van der Waals surface area contributed by atoms with Gasteiger partial charge in [-0.3, -0.25) is 0 Å². The van der Waals surface area contributed by atoms with Crippen molar-refractivity contribution < 1.29 is 28.8 Å². The van der Waals surface area contributed by atoms with Crippen LogP contribution in [-0.2, 0) is 14.3 Å². The van der Waals surface area contributed by atoms with E-state index < -0.39 is 12.1 Å². The first-order chi connectivity index (χ1) is 10.7. The molecule has 6 nitrogen and oxygen atoms in total. The summed E-state index contributed by atoms with van der Waals surface area (Å²) in [6.07, 6.45) is 0.444. The number of benzene rings is 1. The molecule has 0 amide bonds. The highest BCUT2D eigenvalue weighted by molar-refractivity contribution is 5.76. The van der Waals surface area contributed by atoms with Crippen LogP contribution in [0.3, 0.4) is 0 Å². The molecule has 0 saturated carbocycles. The van der Waals surface area contributed by atoms with Crippen LogP contribution in [-0.4, -0.2) is 44.1 Å².